The van der Waals surface area contributed by atoms with Crippen molar-refractivity contribution in [2.75, 3.05) is 33.0 Å². The van der Waals surface area contributed by atoms with Crippen LogP contribution in [-0.4, -0.2) is 38.1 Å². The number of likely N-dealkylation sites (tertiary alicyclic amines) is 1. The molecule has 0 spiro atoms. The Balaban J connectivity index is 2.44. The molecule has 1 aliphatic rings. The van der Waals surface area contributed by atoms with Crippen LogP contribution in [0.4, 0.5) is 5.69 Å². The van der Waals surface area contributed by atoms with Crippen molar-refractivity contribution in [3.8, 4) is 17.6 Å². The van der Waals surface area contributed by atoms with E-state index >= 15 is 0 Å². The van der Waals surface area contributed by atoms with E-state index in [-0.39, 0.29) is 17.2 Å². The third-order valence-corrected chi connectivity index (χ3v) is 4.06. The van der Waals surface area contributed by atoms with E-state index in [1.807, 2.05) is 6.07 Å². The first-order chi connectivity index (χ1) is 11.5. The van der Waals surface area contributed by atoms with Gasteiger partial charge in [-0.2, -0.15) is 5.26 Å². The predicted molar refractivity (Wildman–Crippen MR) is 91.1 cm³/mol. The van der Waals surface area contributed by atoms with Gasteiger partial charge >= 0.3 is 0 Å². The fourth-order valence-electron chi connectivity index (χ4n) is 2.77. The van der Waals surface area contributed by atoms with E-state index in [1.54, 1.807) is 17.0 Å². The van der Waals surface area contributed by atoms with Gasteiger partial charge in [-0.05, 0) is 31.4 Å². The Kier molecular flexibility index (Phi) is 5.53. The fourth-order valence-corrected chi connectivity index (χ4v) is 2.77. The molecule has 0 aromatic heterocycles. The van der Waals surface area contributed by atoms with Gasteiger partial charge in [0.25, 0.3) is 5.91 Å². The lowest BCUT2D eigenvalue weighted by Crippen LogP contribution is -2.37. The Hall–Kier alpha value is -2.88. The van der Waals surface area contributed by atoms with Gasteiger partial charge in [0, 0.05) is 18.7 Å². The van der Waals surface area contributed by atoms with Crippen molar-refractivity contribution in [2.45, 2.75) is 19.3 Å². The van der Waals surface area contributed by atoms with Gasteiger partial charge in [0.05, 0.1) is 25.6 Å². The smallest absolute Gasteiger partial charge is 0.266 e. The molecule has 128 valence electrons. The van der Waals surface area contributed by atoms with E-state index in [9.17, 15) is 10.1 Å². The molecule has 0 saturated carbocycles. The summed E-state index contributed by atoms with van der Waals surface area (Å²) in [5.74, 6) is 0.427. The molecule has 2 rings (SSSR count). The Labute approximate surface area is 141 Å². The number of piperidine rings is 1. The maximum absolute atomic E-state index is 12.6. The molecule has 7 nitrogen and oxygen atoms in total. The van der Waals surface area contributed by atoms with Crippen LogP contribution in [0.15, 0.2) is 17.7 Å². The first-order valence-corrected chi connectivity index (χ1v) is 7.74. The normalized spacial score (nSPS) is 15.3. The molecule has 1 amide bonds. The number of ether oxygens (including phenoxy) is 2. The van der Waals surface area contributed by atoms with Gasteiger partial charge in [-0.3, -0.25) is 4.79 Å². The molecular weight excluding hydrogens is 308 g/mol. The van der Waals surface area contributed by atoms with Crippen LogP contribution in [0.1, 0.15) is 24.8 Å². The molecular formula is C17H22N4O3. The number of nitrogens with zero attached hydrogens (tertiary/aromatic N) is 2. The first-order valence-electron chi connectivity index (χ1n) is 7.74. The van der Waals surface area contributed by atoms with E-state index in [0.29, 0.717) is 35.8 Å². The minimum atomic E-state index is -0.344. The fraction of sp³-hybridized carbons (Fsp3) is 0.412. The van der Waals surface area contributed by atoms with Crippen molar-refractivity contribution in [1.82, 2.24) is 4.90 Å². The average molecular weight is 330 g/mol. The van der Waals surface area contributed by atoms with Crippen molar-refractivity contribution < 1.29 is 14.3 Å². The van der Waals surface area contributed by atoms with Crippen molar-refractivity contribution in [2.24, 2.45) is 5.73 Å². The summed E-state index contributed by atoms with van der Waals surface area (Å²) in [7, 11) is 2.96. The molecule has 0 bridgehead atoms. The number of nitriles is 1. The second-order valence-electron chi connectivity index (χ2n) is 5.55. The van der Waals surface area contributed by atoms with E-state index in [0.717, 1.165) is 19.3 Å². The number of hydrogen-bond acceptors (Lipinski definition) is 6. The van der Waals surface area contributed by atoms with E-state index in [2.05, 4.69) is 0 Å². The van der Waals surface area contributed by atoms with Crippen LogP contribution in [0.25, 0.3) is 5.70 Å². The zero-order chi connectivity index (χ0) is 17.7. The quantitative estimate of drug-likeness (QED) is 0.491. The van der Waals surface area contributed by atoms with E-state index in [4.69, 9.17) is 20.9 Å². The average Bonchev–Trinajstić information content (AvgIpc) is 2.61. The highest BCUT2D eigenvalue weighted by molar-refractivity contribution is 6.04. The first kappa shape index (κ1) is 17.5. The number of benzene rings is 1. The van der Waals surface area contributed by atoms with E-state index < -0.39 is 0 Å². The summed E-state index contributed by atoms with van der Waals surface area (Å²) in [5, 5.41) is 9.43. The highest BCUT2D eigenvalue weighted by Crippen LogP contribution is 2.36. The Morgan fingerprint density at radius 2 is 1.88 bits per heavy atom. The lowest BCUT2D eigenvalue weighted by Gasteiger charge is -2.26. The predicted octanol–water partition coefficient (Wildman–Crippen LogP) is 1.49. The van der Waals surface area contributed by atoms with Crippen LogP contribution in [0, 0.1) is 11.3 Å². The number of carbonyl (C=O) groups excluding carboxylic acids is 1. The van der Waals surface area contributed by atoms with Crippen LogP contribution < -0.4 is 20.9 Å². The molecule has 1 aromatic rings. The minimum Gasteiger partial charge on any atom is -0.493 e. The molecule has 1 fully saturated rings. The number of amides is 1. The zero-order valence-electron chi connectivity index (χ0n) is 14.0. The molecule has 4 N–H and O–H groups in total. The van der Waals surface area contributed by atoms with Gasteiger partial charge in [0.2, 0.25) is 0 Å². The van der Waals surface area contributed by atoms with Gasteiger partial charge in [0.15, 0.2) is 11.5 Å². The topological polar surface area (TPSA) is 115 Å². The largest absolute Gasteiger partial charge is 0.493 e. The molecule has 1 aromatic carbocycles. The van der Waals surface area contributed by atoms with Gasteiger partial charge in [-0.25, -0.2) is 0 Å². The minimum absolute atomic E-state index is 0.0801. The summed E-state index contributed by atoms with van der Waals surface area (Å²) in [5.41, 5.74) is 12.8. The lowest BCUT2D eigenvalue weighted by molar-refractivity contribution is -0.127. The van der Waals surface area contributed by atoms with Gasteiger partial charge in [-0.15, -0.1) is 0 Å². The summed E-state index contributed by atoms with van der Waals surface area (Å²) in [6, 6.07) is 5.10. The Morgan fingerprint density at radius 3 is 2.42 bits per heavy atom. The summed E-state index contributed by atoms with van der Waals surface area (Å²) >= 11 is 0. The maximum atomic E-state index is 12.6. The standard InChI is InChI=1S/C17H22N4O3/c1-23-14-9-11(8-13(19)16(14)24-2)15(20)12(10-18)17(22)21-6-4-3-5-7-21/h8-9H,3-7,19-20H2,1-2H3/b15-12-. The number of methoxy groups -OCH3 is 2. The number of carbonyl (C=O) groups is 1. The summed E-state index contributed by atoms with van der Waals surface area (Å²) in [6.45, 7) is 1.29. The summed E-state index contributed by atoms with van der Waals surface area (Å²) in [4.78, 5) is 14.3. The third-order valence-electron chi connectivity index (χ3n) is 4.06. The molecule has 1 saturated heterocycles. The lowest BCUT2D eigenvalue weighted by atomic mass is 10.0. The molecule has 0 radical (unpaired) electrons. The summed E-state index contributed by atoms with van der Waals surface area (Å²) < 4.78 is 10.4. The SMILES string of the molecule is COc1cc(/C(N)=C(\C#N)C(=O)N2CCCCC2)cc(N)c1OC. The number of nitrogens with two attached hydrogens (primary N) is 2. The number of nitrogen functional groups attached to an aromatic ring is 1. The number of rotatable bonds is 4. The highest BCUT2D eigenvalue weighted by atomic mass is 16.5. The zero-order valence-corrected chi connectivity index (χ0v) is 14.0. The van der Waals surface area contributed by atoms with Crippen molar-refractivity contribution >= 4 is 17.3 Å². The van der Waals surface area contributed by atoms with Crippen molar-refractivity contribution in [3.05, 3.63) is 23.3 Å². The van der Waals surface area contributed by atoms with Crippen molar-refractivity contribution in [1.29, 1.82) is 5.26 Å². The Bertz CT molecular complexity index is 701. The van der Waals surface area contributed by atoms with Crippen LogP contribution in [0.2, 0.25) is 0 Å². The molecule has 24 heavy (non-hydrogen) atoms. The molecule has 0 aliphatic carbocycles. The van der Waals surface area contributed by atoms with Gasteiger partial charge < -0.3 is 25.8 Å². The maximum Gasteiger partial charge on any atom is 0.266 e. The molecule has 0 unspecified atom stereocenters. The van der Waals surface area contributed by atoms with Crippen LogP contribution in [0.3, 0.4) is 0 Å². The molecule has 1 heterocycles. The number of anilines is 1. The molecule has 1 aliphatic heterocycles. The Morgan fingerprint density at radius 1 is 1.21 bits per heavy atom. The van der Waals surface area contributed by atoms with Crippen LogP contribution >= 0.6 is 0 Å². The van der Waals surface area contributed by atoms with Crippen molar-refractivity contribution in [3.63, 3.8) is 0 Å². The number of hydrogen-bond donors (Lipinski definition) is 2. The third kappa shape index (κ3) is 3.38. The van der Waals surface area contributed by atoms with Crippen LogP contribution in [-0.2, 0) is 4.79 Å². The monoisotopic (exact) mass is 330 g/mol. The molecule has 0 atom stereocenters. The second kappa shape index (κ2) is 7.59. The van der Waals surface area contributed by atoms with Gasteiger partial charge in [0.1, 0.15) is 11.6 Å². The second-order valence-corrected chi connectivity index (χ2v) is 5.55. The van der Waals surface area contributed by atoms with Gasteiger partial charge in [-0.1, -0.05) is 0 Å². The molecule has 7 heteroatoms. The van der Waals surface area contributed by atoms with Crippen LogP contribution in [0.5, 0.6) is 11.5 Å². The summed E-state index contributed by atoms with van der Waals surface area (Å²) in [6.07, 6.45) is 2.97. The van der Waals surface area contributed by atoms with E-state index in [1.165, 1.54) is 14.2 Å². The highest BCUT2D eigenvalue weighted by Gasteiger charge is 2.24.